The van der Waals surface area contributed by atoms with Crippen LogP contribution >= 0.6 is 0 Å². The van der Waals surface area contributed by atoms with E-state index >= 15 is 0 Å². The van der Waals surface area contributed by atoms with Gasteiger partial charge in [0.15, 0.2) is 0 Å². The van der Waals surface area contributed by atoms with Crippen LogP contribution in [-0.2, 0) is 0 Å². The van der Waals surface area contributed by atoms with Crippen molar-refractivity contribution in [3.05, 3.63) is 11.4 Å². The fourth-order valence-electron chi connectivity index (χ4n) is 1.34. The largest absolute Gasteiger partial charge is 0.379 e. The van der Waals surface area contributed by atoms with Crippen molar-refractivity contribution >= 4 is 6.72 Å². The minimum absolute atomic E-state index is 0.510. The second-order valence-corrected chi connectivity index (χ2v) is 3.18. The molecule has 2 nitrogen and oxygen atoms in total. The molecule has 0 aromatic rings. The topological polar surface area (TPSA) is 15.6 Å². The Balaban J connectivity index is 4.72. The summed E-state index contributed by atoms with van der Waals surface area (Å²) in [5.74, 6) is 0.510. The zero-order chi connectivity index (χ0) is 9.02. The number of nitrogens with zero attached hydrogens (tertiary/aromatic N) is 2. The van der Waals surface area contributed by atoms with Crippen LogP contribution in [0.3, 0.4) is 0 Å². The third kappa shape index (κ3) is 2.74. The van der Waals surface area contributed by atoms with Crippen LogP contribution in [0.25, 0.3) is 0 Å². The lowest BCUT2D eigenvalue weighted by Crippen LogP contribution is -2.17. The normalized spacial score (nSPS) is 12.9. The zero-order valence-electron chi connectivity index (χ0n) is 8.18. The van der Waals surface area contributed by atoms with Crippen LogP contribution in [0, 0.1) is 5.92 Å². The molecular weight excluding hydrogens is 136 g/mol. The SMILES string of the molecule is C=N/C(C)=C(/C(C)C)N(C)C. The lowest BCUT2D eigenvalue weighted by Gasteiger charge is -2.21. The molecule has 0 aliphatic heterocycles. The van der Waals surface area contributed by atoms with E-state index in [-0.39, 0.29) is 0 Å². The van der Waals surface area contributed by atoms with Gasteiger partial charge in [-0.15, -0.1) is 0 Å². The maximum atomic E-state index is 3.92. The van der Waals surface area contributed by atoms with Crippen LogP contribution in [0.15, 0.2) is 16.4 Å². The number of allylic oxidation sites excluding steroid dienone is 2. The van der Waals surface area contributed by atoms with Gasteiger partial charge in [0.05, 0.1) is 5.70 Å². The van der Waals surface area contributed by atoms with Crippen molar-refractivity contribution in [2.24, 2.45) is 10.9 Å². The molecule has 0 unspecified atom stereocenters. The van der Waals surface area contributed by atoms with Crippen LogP contribution in [0.4, 0.5) is 0 Å². The van der Waals surface area contributed by atoms with Gasteiger partial charge >= 0.3 is 0 Å². The summed E-state index contributed by atoms with van der Waals surface area (Å²) in [7, 11) is 4.06. The number of aliphatic imine (C=N–C) groups is 1. The molecule has 0 fully saturated rings. The van der Waals surface area contributed by atoms with Crippen molar-refractivity contribution in [2.75, 3.05) is 14.1 Å². The van der Waals surface area contributed by atoms with E-state index in [2.05, 4.69) is 30.5 Å². The van der Waals surface area contributed by atoms with Crippen LogP contribution in [0.2, 0.25) is 0 Å². The summed E-state index contributed by atoms with van der Waals surface area (Å²) in [5.41, 5.74) is 2.27. The minimum atomic E-state index is 0.510. The van der Waals surface area contributed by atoms with Gasteiger partial charge in [0.2, 0.25) is 0 Å². The van der Waals surface area contributed by atoms with E-state index in [1.54, 1.807) is 0 Å². The summed E-state index contributed by atoms with van der Waals surface area (Å²) < 4.78 is 0. The Morgan fingerprint density at radius 1 is 1.36 bits per heavy atom. The quantitative estimate of drug-likeness (QED) is 0.569. The summed E-state index contributed by atoms with van der Waals surface area (Å²) in [4.78, 5) is 6.01. The molecule has 2 heteroatoms. The molecule has 0 aromatic heterocycles. The molecule has 0 aromatic carbocycles. The van der Waals surface area contributed by atoms with Gasteiger partial charge in [0.1, 0.15) is 0 Å². The second kappa shape index (κ2) is 4.16. The summed E-state index contributed by atoms with van der Waals surface area (Å²) >= 11 is 0. The van der Waals surface area contributed by atoms with Gasteiger partial charge in [-0.1, -0.05) is 13.8 Å². The molecule has 0 N–H and O–H groups in total. The van der Waals surface area contributed by atoms with Crippen LogP contribution < -0.4 is 0 Å². The lowest BCUT2D eigenvalue weighted by molar-refractivity contribution is 0.438. The van der Waals surface area contributed by atoms with Crippen molar-refractivity contribution in [3.63, 3.8) is 0 Å². The summed E-state index contributed by atoms with van der Waals surface area (Å²) in [6.07, 6.45) is 0. The molecule has 0 heterocycles. The fraction of sp³-hybridized carbons (Fsp3) is 0.667. The fourth-order valence-corrected chi connectivity index (χ4v) is 1.34. The highest BCUT2D eigenvalue weighted by molar-refractivity contribution is 5.30. The Morgan fingerprint density at radius 2 is 1.82 bits per heavy atom. The van der Waals surface area contributed by atoms with Gasteiger partial charge in [-0.2, -0.15) is 0 Å². The third-order valence-corrected chi connectivity index (χ3v) is 1.64. The van der Waals surface area contributed by atoms with E-state index in [1.807, 2.05) is 21.0 Å². The van der Waals surface area contributed by atoms with Gasteiger partial charge in [-0.25, -0.2) is 0 Å². The first kappa shape index (κ1) is 10.2. The van der Waals surface area contributed by atoms with E-state index < -0.39 is 0 Å². The minimum Gasteiger partial charge on any atom is -0.379 e. The predicted molar refractivity (Wildman–Crippen MR) is 50.8 cm³/mol. The first-order valence-corrected chi connectivity index (χ1v) is 3.85. The van der Waals surface area contributed by atoms with Crippen molar-refractivity contribution in [3.8, 4) is 0 Å². The molecule has 0 saturated carbocycles. The van der Waals surface area contributed by atoms with Crippen LogP contribution in [0.1, 0.15) is 20.8 Å². The molecule has 64 valence electrons. The lowest BCUT2D eigenvalue weighted by atomic mass is 10.1. The number of hydrogen-bond acceptors (Lipinski definition) is 2. The Labute approximate surface area is 69.6 Å². The molecule has 0 amide bonds. The van der Waals surface area contributed by atoms with E-state index in [0.717, 1.165) is 5.70 Å². The Kier molecular flexibility index (Phi) is 3.86. The molecule has 0 radical (unpaired) electrons. The predicted octanol–water partition coefficient (Wildman–Crippen LogP) is 2.14. The molecule has 0 saturated heterocycles. The molecule has 0 spiro atoms. The zero-order valence-corrected chi connectivity index (χ0v) is 8.18. The first-order valence-electron chi connectivity index (χ1n) is 3.85. The maximum absolute atomic E-state index is 3.92. The Morgan fingerprint density at radius 3 is 1.91 bits per heavy atom. The van der Waals surface area contributed by atoms with Gasteiger partial charge < -0.3 is 4.90 Å². The third-order valence-electron chi connectivity index (χ3n) is 1.64. The van der Waals surface area contributed by atoms with Crippen LogP contribution in [0.5, 0.6) is 0 Å². The van der Waals surface area contributed by atoms with Gasteiger partial charge in [-0.05, 0) is 19.6 Å². The Bertz CT molecular complexity index is 156. The highest BCUT2D eigenvalue weighted by Crippen LogP contribution is 2.16. The highest BCUT2D eigenvalue weighted by atomic mass is 15.1. The molecular formula is C9H18N2. The van der Waals surface area contributed by atoms with E-state index in [1.165, 1.54) is 5.70 Å². The van der Waals surface area contributed by atoms with Crippen molar-refractivity contribution < 1.29 is 0 Å². The van der Waals surface area contributed by atoms with Gasteiger partial charge in [0, 0.05) is 19.8 Å². The van der Waals surface area contributed by atoms with Gasteiger partial charge in [-0.3, -0.25) is 4.99 Å². The van der Waals surface area contributed by atoms with Crippen LogP contribution in [-0.4, -0.2) is 25.7 Å². The summed E-state index contributed by atoms with van der Waals surface area (Å²) in [6.45, 7) is 9.81. The monoisotopic (exact) mass is 154 g/mol. The van der Waals surface area contributed by atoms with E-state index in [0.29, 0.717) is 5.92 Å². The van der Waals surface area contributed by atoms with Gasteiger partial charge in [0.25, 0.3) is 0 Å². The summed E-state index contributed by atoms with van der Waals surface area (Å²) in [5, 5.41) is 0. The number of rotatable bonds is 3. The molecule has 0 bridgehead atoms. The molecule has 0 rings (SSSR count). The maximum Gasteiger partial charge on any atom is 0.0558 e. The van der Waals surface area contributed by atoms with Crippen molar-refractivity contribution in [2.45, 2.75) is 20.8 Å². The van der Waals surface area contributed by atoms with Crippen molar-refractivity contribution in [1.82, 2.24) is 4.90 Å². The molecule has 11 heavy (non-hydrogen) atoms. The smallest absolute Gasteiger partial charge is 0.0558 e. The van der Waals surface area contributed by atoms with E-state index in [4.69, 9.17) is 0 Å². The number of hydrogen-bond donors (Lipinski definition) is 0. The molecule has 0 aliphatic carbocycles. The summed E-state index contributed by atoms with van der Waals surface area (Å²) in [6, 6.07) is 0. The Hall–Kier alpha value is -0.790. The van der Waals surface area contributed by atoms with E-state index in [9.17, 15) is 0 Å². The van der Waals surface area contributed by atoms with Crippen molar-refractivity contribution in [1.29, 1.82) is 0 Å². The molecule has 0 aliphatic rings. The average molecular weight is 154 g/mol. The first-order chi connectivity index (χ1) is 5.00. The standard InChI is InChI=1S/C9H18N2/c1-7(2)9(11(5)6)8(3)10-4/h7H,4H2,1-3,5-6H3/b9-8-. The highest BCUT2D eigenvalue weighted by Gasteiger charge is 2.07. The second-order valence-electron chi connectivity index (χ2n) is 3.18. The molecule has 0 atom stereocenters. The average Bonchev–Trinajstić information content (AvgIpc) is 1.85.